The van der Waals surface area contributed by atoms with Crippen molar-refractivity contribution in [1.82, 2.24) is 0 Å². The zero-order valence-electron chi connectivity index (χ0n) is 24.1. The Kier molecular flexibility index (Phi) is 11.2. The number of halogens is 5. The van der Waals surface area contributed by atoms with Crippen LogP contribution in [0.25, 0.3) is 22.3 Å². The van der Waals surface area contributed by atoms with Crippen molar-refractivity contribution in [1.29, 1.82) is 0 Å². The maximum Gasteiger partial charge on any atom is 0.341 e. The number of carbonyl (C=O) groups is 1. The van der Waals surface area contributed by atoms with Gasteiger partial charge in [0, 0.05) is 5.56 Å². The molecule has 0 heterocycles. The predicted molar refractivity (Wildman–Crippen MR) is 156 cm³/mol. The number of hydrogen-bond donors (Lipinski definition) is 1. The summed E-state index contributed by atoms with van der Waals surface area (Å²) in [5.74, 6) is -8.42. The van der Waals surface area contributed by atoms with Crippen LogP contribution in [0.3, 0.4) is 0 Å². The minimum Gasteiger partial charge on any atom is -0.477 e. The van der Waals surface area contributed by atoms with Gasteiger partial charge in [-0.25, -0.2) is 26.7 Å². The second-order valence-electron chi connectivity index (χ2n) is 11.6. The summed E-state index contributed by atoms with van der Waals surface area (Å²) in [5.41, 5.74) is -0.828. The van der Waals surface area contributed by atoms with E-state index >= 15 is 4.39 Å². The van der Waals surface area contributed by atoms with Crippen LogP contribution < -0.4 is 0 Å². The van der Waals surface area contributed by atoms with Gasteiger partial charge in [-0.1, -0.05) is 89.0 Å². The molecule has 4 rings (SSSR count). The molecule has 1 fully saturated rings. The van der Waals surface area contributed by atoms with Crippen molar-refractivity contribution in [2.45, 2.75) is 96.3 Å². The van der Waals surface area contributed by atoms with Crippen LogP contribution in [0.2, 0.25) is 0 Å². The Labute approximate surface area is 245 Å². The number of hydrogen-bond acceptors (Lipinski definition) is 1. The van der Waals surface area contributed by atoms with Gasteiger partial charge < -0.3 is 5.11 Å². The summed E-state index contributed by atoms with van der Waals surface area (Å²) < 4.78 is 71.9. The minimum atomic E-state index is -1.87. The molecule has 1 saturated carbocycles. The van der Waals surface area contributed by atoms with E-state index in [1.807, 2.05) is 12.1 Å². The molecule has 0 amide bonds. The van der Waals surface area contributed by atoms with E-state index in [0.29, 0.717) is 23.6 Å². The molecule has 7 heteroatoms. The number of unbranched alkanes of at least 4 members (excludes halogenated alkanes) is 7. The van der Waals surface area contributed by atoms with Crippen molar-refractivity contribution in [3.63, 3.8) is 0 Å². The molecule has 0 aromatic heterocycles. The maximum absolute atomic E-state index is 15.4. The molecular weight excluding hydrogens is 547 g/mol. The fourth-order valence-electron chi connectivity index (χ4n) is 6.31. The van der Waals surface area contributed by atoms with Gasteiger partial charge in [-0.2, -0.15) is 0 Å². The van der Waals surface area contributed by atoms with Gasteiger partial charge in [0.1, 0.15) is 17.2 Å². The lowest BCUT2D eigenvalue weighted by Gasteiger charge is -2.29. The van der Waals surface area contributed by atoms with Gasteiger partial charge in [0.25, 0.3) is 0 Å². The van der Waals surface area contributed by atoms with E-state index in [-0.39, 0.29) is 5.56 Å². The van der Waals surface area contributed by atoms with E-state index in [1.165, 1.54) is 70.6 Å². The number of carboxylic acids is 1. The molecule has 2 nitrogen and oxygen atoms in total. The average molecular weight is 587 g/mol. The second kappa shape index (κ2) is 14.8. The Morgan fingerprint density at radius 1 is 0.714 bits per heavy atom. The van der Waals surface area contributed by atoms with Crippen molar-refractivity contribution in [2.75, 3.05) is 0 Å². The van der Waals surface area contributed by atoms with Crippen LogP contribution in [-0.4, -0.2) is 11.1 Å². The standard InChI is InChI=1S/C35H39F5O2/c1-2-3-4-5-6-7-8-9-10-22-11-13-23(14-12-22)24-15-17-25(18-16-24)27-21-28(36)32(35(41)42)34(40)31(27)26-19-29(37)33(39)30(38)20-26/h15-23H,2-14H2,1H3,(H,41,42)/t22-,23-. The number of benzene rings is 3. The molecule has 0 unspecified atom stereocenters. The van der Waals surface area contributed by atoms with Crippen LogP contribution in [0.15, 0.2) is 42.5 Å². The van der Waals surface area contributed by atoms with Gasteiger partial charge in [-0.3, -0.25) is 0 Å². The Hall–Kier alpha value is -3.22. The molecule has 3 aromatic rings. The number of rotatable bonds is 13. The molecule has 0 saturated heterocycles. The lowest BCUT2D eigenvalue weighted by molar-refractivity contribution is 0.0686. The van der Waals surface area contributed by atoms with Crippen LogP contribution in [0.4, 0.5) is 22.0 Å². The van der Waals surface area contributed by atoms with E-state index in [1.54, 1.807) is 12.1 Å². The molecule has 1 aliphatic carbocycles. The molecule has 1 aliphatic rings. The zero-order valence-corrected chi connectivity index (χ0v) is 24.1. The minimum absolute atomic E-state index is 0.0824. The van der Waals surface area contributed by atoms with Gasteiger partial charge >= 0.3 is 5.97 Å². The molecule has 0 aliphatic heterocycles. The first-order chi connectivity index (χ1) is 20.2. The lowest BCUT2D eigenvalue weighted by Crippen LogP contribution is -2.13. The van der Waals surface area contributed by atoms with Gasteiger partial charge in [0.05, 0.1) is 0 Å². The lowest BCUT2D eigenvalue weighted by atomic mass is 9.77. The van der Waals surface area contributed by atoms with E-state index < -0.39 is 51.7 Å². The number of carboxylic acid groups (broad SMARTS) is 1. The van der Waals surface area contributed by atoms with Gasteiger partial charge in [0.15, 0.2) is 17.5 Å². The topological polar surface area (TPSA) is 37.3 Å². The molecule has 0 atom stereocenters. The molecule has 3 aromatic carbocycles. The molecule has 1 N–H and O–H groups in total. The third-order valence-corrected chi connectivity index (χ3v) is 8.71. The highest BCUT2D eigenvalue weighted by atomic mass is 19.2. The summed E-state index contributed by atoms with van der Waals surface area (Å²) in [4.78, 5) is 11.5. The van der Waals surface area contributed by atoms with Crippen molar-refractivity contribution in [2.24, 2.45) is 5.92 Å². The molecule has 0 spiro atoms. The van der Waals surface area contributed by atoms with E-state index in [0.717, 1.165) is 30.4 Å². The highest BCUT2D eigenvalue weighted by Crippen LogP contribution is 2.41. The molecule has 42 heavy (non-hydrogen) atoms. The fourth-order valence-corrected chi connectivity index (χ4v) is 6.31. The normalized spacial score (nSPS) is 17.0. The SMILES string of the molecule is CCCCCCCCCC[C@H]1CC[C@H](c2ccc(-c3cc(F)c(C(=O)O)c(F)c3-c3cc(F)c(F)c(F)c3)cc2)CC1. The molecule has 0 radical (unpaired) electrons. The highest BCUT2D eigenvalue weighted by Gasteiger charge is 2.27. The summed E-state index contributed by atoms with van der Waals surface area (Å²) in [7, 11) is 0. The van der Waals surface area contributed by atoms with Crippen molar-refractivity contribution in [3.05, 3.63) is 82.7 Å². The van der Waals surface area contributed by atoms with Crippen molar-refractivity contribution in [3.8, 4) is 22.3 Å². The van der Waals surface area contributed by atoms with Gasteiger partial charge in [0.2, 0.25) is 0 Å². The van der Waals surface area contributed by atoms with Crippen LogP contribution in [0.5, 0.6) is 0 Å². The maximum atomic E-state index is 15.4. The molecule has 0 bridgehead atoms. The largest absolute Gasteiger partial charge is 0.477 e. The zero-order chi connectivity index (χ0) is 30.2. The predicted octanol–water partition coefficient (Wildman–Crippen LogP) is 11.2. The van der Waals surface area contributed by atoms with E-state index in [4.69, 9.17) is 0 Å². The fraction of sp³-hybridized carbons (Fsp3) is 0.457. The van der Waals surface area contributed by atoms with Crippen molar-refractivity contribution < 1.29 is 31.9 Å². The smallest absolute Gasteiger partial charge is 0.341 e. The van der Waals surface area contributed by atoms with Crippen LogP contribution in [0.1, 0.15) is 112 Å². The first-order valence-electron chi connectivity index (χ1n) is 15.2. The van der Waals surface area contributed by atoms with Gasteiger partial charge in [-0.05, 0) is 78.0 Å². The average Bonchev–Trinajstić information content (AvgIpc) is 2.97. The highest BCUT2D eigenvalue weighted by molar-refractivity contribution is 5.94. The third kappa shape index (κ3) is 7.59. The number of aromatic carboxylic acids is 1. The van der Waals surface area contributed by atoms with Gasteiger partial charge in [-0.15, -0.1) is 0 Å². The summed E-state index contributed by atoms with van der Waals surface area (Å²) in [5, 5.41) is 9.35. The molecular formula is C35H39F5O2. The summed E-state index contributed by atoms with van der Waals surface area (Å²) >= 11 is 0. The van der Waals surface area contributed by atoms with Crippen LogP contribution >= 0.6 is 0 Å². The monoisotopic (exact) mass is 586 g/mol. The van der Waals surface area contributed by atoms with Crippen LogP contribution in [-0.2, 0) is 0 Å². The molecule has 226 valence electrons. The third-order valence-electron chi connectivity index (χ3n) is 8.71. The van der Waals surface area contributed by atoms with Crippen molar-refractivity contribution >= 4 is 5.97 Å². The Morgan fingerprint density at radius 3 is 1.86 bits per heavy atom. The summed E-state index contributed by atoms with van der Waals surface area (Å²) in [6.07, 6.45) is 16.3. The first kappa shape index (κ1) is 31.7. The Bertz CT molecular complexity index is 1340. The summed E-state index contributed by atoms with van der Waals surface area (Å²) in [6, 6.07) is 9.11. The Balaban J connectivity index is 1.45. The first-order valence-corrected chi connectivity index (χ1v) is 15.2. The quantitative estimate of drug-likeness (QED) is 0.123. The van der Waals surface area contributed by atoms with Crippen LogP contribution in [0, 0.1) is 35.0 Å². The van der Waals surface area contributed by atoms with E-state index in [2.05, 4.69) is 6.92 Å². The second-order valence-corrected chi connectivity index (χ2v) is 11.6. The Morgan fingerprint density at radius 2 is 1.29 bits per heavy atom. The summed E-state index contributed by atoms with van der Waals surface area (Å²) in [6.45, 7) is 2.24. The van der Waals surface area contributed by atoms with E-state index in [9.17, 15) is 27.5 Å².